The minimum atomic E-state index is -4.45. The number of halogens is 3. The van der Waals surface area contributed by atoms with Crippen LogP contribution in [-0.2, 0) is 28.7 Å². The first-order valence-corrected chi connectivity index (χ1v) is 13.7. The zero-order chi connectivity index (χ0) is 30.1. The predicted molar refractivity (Wildman–Crippen MR) is 157 cm³/mol. The van der Waals surface area contributed by atoms with Gasteiger partial charge < -0.3 is 24.8 Å². The van der Waals surface area contributed by atoms with Gasteiger partial charge in [0.1, 0.15) is 6.54 Å². The van der Waals surface area contributed by atoms with Crippen molar-refractivity contribution in [1.29, 1.82) is 0 Å². The number of amides is 3. The highest BCUT2D eigenvalue weighted by Crippen LogP contribution is 2.29. The van der Waals surface area contributed by atoms with E-state index < -0.39 is 17.8 Å². The predicted octanol–water partition coefficient (Wildman–Crippen LogP) is 6.64. The summed E-state index contributed by atoms with van der Waals surface area (Å²) in [6.07, 6.45) is -1.50. The first-order valence-electron chi connectivity index (χ1n) is 13.7. The number of aryl methyl sites for hydroxylation is 1. The molecule has 0 atom stereocenters. The van der Waals surface area contributed by atoms with Gasteiger partial charge in [-0.15, -0.1) is 0 Å². The smallest absolute Gasteiger partial charge is 0.385 e. The molecule has 0 spiro atoms. The summed E-state index contributed by atoms with van der Waals surface area (Å²) in [6, 6.07) is 19.6. The van der Waals surface area contributed by atoms with E-state index in [9.17, 15) is 22.8 Å². The lowest BCUT2D eigenvalue weighted by Crippen LogP contribution is -2.45. The zero-order valence-corrected chi connectivity index (χ0v) is 23.7. The number of nitrogens with one attached hydrogen (secondary N) is 2. The third-order valence-electron chi connectivity index (χ3n) is 6.99. The van der Waals surface area contributed by atoms with Gasteiger partial charge in [0.05, 0.1) is 5.56 Å². The normalized spacial score (nSPS) is 11.5. The number of hydrogen-bond donors (Lipinski definition) is 2. The quantitative estimate of drug-likeness (QED) is 0.185. The van der Waals surface area contributed by atoms with Crippen LogP contribution < -0.4 is 5.32 Å². The minimum absolute atomic E-state index is 0.102. The number of aromatic nitrogens is 1. The maximum absolute atomic E-state index is 13.7. The number of urea groups is 1. The van der Waals surface area contributed by atoms with E-state index >= 15 is 0 Å². The van der Waals surface area contributed by atoms with E-state index in [0.29, 0.717) is 37.2 Å². The Hall–Kier alpha value is -4.31. The van der Waals surface area contributed by atoms with Gasteiger partial charge in [0.2, 0.25) is 5.91 Å². The number of carbonyl (C=O) groups excluding carboxylic acids is 2. The number of hydrogen-bond acceptors (Lipinski definition) is 3. The largest absolute Gasteiger partial charge is 0.416 e. The van der Waals surface area contributed by atoms with Gasteiger partial charge in [-0.2, -0.15) is 13.2 Å². The lowest BCUT2D eigenvalue weighted by Gasteiger charge is -2.28. The molecular weight excluding hydrogens is 545 g/mol. The fourth-order valence-electron chi connectivity index (χ4n) is 4.75. The van der Waals surface area contributed by atoms with Crippen LogP contribution in [0.5, 0.6) is 0 Å². The summed E-state index contributed by atoms with van der Waals surface area (Å²) in [7, 11) is 1.57. The summed E-state index contributed by atoms with van der Waals surface area (Å²) in [4.78, 5) is 33.2. The number of para-hydroxylation sites is 1. The van der Waals surface area contributed by atoms with E-state index in [-0.39, 0.29) is 25.5 Å². The van der Waals surface area contributed by atoms with Crippen molar-refractivity contribution in [3.05, 3.63) is 101 Å². The van der Waals surface area contributed by atoms with E-state index in [1.807, 2.05) is 55.6 Å². The van der Waals surface area contributed by atoms with Gasteiger partial charge in [0, 0.05) is 56.1 Å². The number of fused-ring (bicyclic) bond motifs is 1. The van der Waals surface area contributed by atoms with Crippen molar-refractivity contribution in [3.8, 4) is 0 Å². The molecule has 4 aromatic rings. The van der Waals surface area contributed by atoms with Crippen LogP contribution in [0.1, 0.15) is 28.7 Å². The molecule has 3 amide bonds. The molecule has 4 rings (SSSR count). The topological polar surface area (TPSA) is 77.7 Å². The van der Waals surface area contributed by atoms with Crippen LogP contribution in [0.25, 0.3) is 10.9 Å². The molecule has 0 unspecified atom stereocenters. The standard InChI is InChI=1S/C32H35F3N4O3/c1-23-7-5-8-27(19-23)37-31(41)39(16-6-18-42-2)22-30(40)38(21-24-11-13-26(14-12-24)32(33,34)35)17-15-25-20-36-29-10-4-3-9-28(25)29/h3-5,7-14,19-20,36H,6,15-18,21-22H2,1-2H3,(H,37,41). The van der Waals surface area contributed by atoms with Crippen molar-refractivity contribution in [3.63, 3.8) is 0 Å². The number of aromatic amines is 1. The average molecular weight is 581 g/mol. The molecule has 0 bridgehead atoms. The molecule has 10 heteroatoms. The molecule has 42 heavy (non-hydrogen) atoms. The molecule has 3 aromatic carbocycles. The number of anilines is 1. The number of benzene rings is 3. The number of H-pyrrole nitrogens is 1. The molecule has 0 radical (unpaired) electrons. The maximum Gasteiger partial charge on any atom is 0.416 e. The number of nitrogens with zero attached hydrogens (tertiary/aromatic N) is 2. The molecule has 0 aliphatic heterocycles. The summed E-state index contributed by atoms with van der Waals surface area (Å²) < 4.78 is 44.5. The lowest BCUT2D eigenvalue weighted by molar-refractivity contribution is -0.137. The molecule has 1 aromatic heterocycles. The second kappa shape index (κ2) is 14.0. The van der Waals surface area contributed by atoms with E-state index in [1.54, 1.807) is 18.1 Å². The Morgan fingerprint density at radius 3 is 2.43 bits per heavy atom. The zero-order valence-electron chi connectivity index (χ0n) is 23.7. The van der Waals surface area contributed by atoms with Crippen molar-refractivity contribution in [2.75, 3.05) is 38.7 Å². The highest BCUT2D eigenvalue weighted by molar-refractivity contribution is 5.92. The second-order valence-electron chi connectivity index (χ2n) is 10.2. The molecule has 0 saturated carbocycles. The van der Waals surface area contributed by atoms with E-state index in [0.717, 1.165) is 34.2 Å². The molecule has 222 valence electrons. The molecule has 0 saturated heterocycles. The summed E-state index contributed by atoms with van der Waals surface area (Å²) in [6.45, 7) is 2.84. The molecule has 0 aliphatic carbocycles. The van der Waals surface area contributed by atoms with Crippen LogP contribution in [0.2, 0.25) is 0 Å². The van der Waals surface area contributed by atoms with Crippen molar-refractivity contribution < 1.29 is 27.5 Å². The fraction of sp³-hybridized carbons (Fsp3) is 0.312. The van der Waals surface area contributed by atoms with Gasteiger partial charge >= 0.3 is 12.2 Å². The van der Waals surface area contributed by atoms with Crippen molar-refractivity contribution >= 4 is 28.5 Å². The molecule has 2 N–H and O–H groups in total. The van der Waals surface area contributed by atoms with Gasteiger partial charge in [-0.25, -0.2) is 4.79 Å². The van der Waals surface area contributed by atoms with Gasteiger partial charge in [0.15, 0.2) is 0 Å². The Labute approximate surface area is 243 Å². The minimum Gasteiger partial charge on any atom is -0.385 e. The number of methoxy groups -OCH3 is 1. The highest BCUT2D eigenvalue weighted by atomic mass is 19.4. The summed E-state index contributed by atoms with van der Waals surface area (Å²) in [5.74, 6) is -0.313. The van der Waals surface area contributed by atoms with Gasteiger partial charge in [0.25, 0.3) is 0 Å². The van der Waals surface area contributed by atoms with Crippen LogP contribution in [0, 0.1) is 6.92 Å². The first-order chi connectivity index (χ1) is 20.1. The molecule has 7 nitrogen and oxygen atoms in total. The van der Waals surface area contributed by atoms with Gasteiger partial charge in [-0.3, -0.25) is 4.79 Å². The monoisotopic (exact) mass is 580 g/mol. The van der Waals surface area contributed by atoms with Crippen LogP contribution in [0.4, 0.5) is 23.7 Å². The van der Waals surface area contributed by atoms with E-state index in [4.69, 9.17) is 4.74 Å². The third-order valence-corrected chi connectivity index (χ3v) is 6.99. The Morgan fingerprint density at radius 1 is 0.952 bits per heavy atom. The lowest BCUT2D eigenvalue weighted by atomic mass is 10.1. The van der Waals surface area contributed by atoms with Crippen molar-refractivity contribution in [1.82, 2.24) is 14.8 Å². The SMILES string of the molecule is COCCCN(CC(=O)N(CCc1c[nH]c2ccccc12)Cc1ccc(C(F)(F)F)cc1)C(=O)Nc1cccc(C)c1. The van der Waals surface area contributed by atoms with Crippen LogP contribution in [0.15, 0.2) is 79.0 Å². The Bertz CT molecular complexity index is 1480. The second-order valence-corrected chi connectivity index (χ2v) is 10.2. The summed E-state index contributed by atoms with van der Waals surface area (Å²) >= 11 is 0. The fourth-order valence-corrected chi connectivity index (χ4v) is 4.75. The van der Waals surface area contributed by atoms with E-state index in [2.05, 4.69) is 10.3 Å². The highest BCUT2D eigenvalue weighted by Gasteiger charge is 2.30. The first kappa shape index (κ1) is 30.6. The molecule has 0 aliphatic rings. The van der Waals surface area contributed by atoms with Crippen LogP contribution in [-0.4, -0.2) is 60.1 Å². The van der Waals surface area contributed by atoms with Crippen LogP contribution >= 0.6 is 0 Å². The Balaban J connectivity index is 1.53. The Morgan fingerprint density at radius 2 is 1.71 bits per heavy atom. The maximum atomic E-state index is 13.7. The molecular formula is C32H35F3N4O3. The number of rotatable bonds is 12. The average Bonchev–Trinajstić information content (AvgIpc) is 3.37. The van der Waals surface area contributed by atoms with Gasteiger partial charge in [-0.05, 0) is 66.8 Å². The van der Waals surface area contributed by atoms with Crippen molar-refractivity contribution in [2.24, 2.45) is 0 Å². The number of alkyl halides is 3. The molecule has 0 fully saturated rings. The number of ether oxygens (including phenoxy) is 1. The van der Waals surface area contributed by atoms with Crippen molar-refractivity contribution in [2.45, 2.75) is 32.5 Å². The van der Waals surface area contributed by atoms with E-state index in [1.165, 1.54) is 17.0 Å². The summed E-state index contributed by atoms with van der Waals surface area (Å²) in [5, 5.41) is 3.90. The third kappa shape index (κ3) is 8.36. The summed E-state index contributed by atoms with van der Waals surface area (Å²) in [5.41, 5.74) is 3.40. The number of carbonyl (C=O) groups is 2. The van der Waals surface area contributed by atoms with Gasteiger partial charge in [-0.1, -0.05) is 42.5 Å². The molecule has 1 heterocycles. The van der Waals surface area contributed by atoms with Crippen LogP contribution in [0.3, 0.4) is 0 Å². The Kier molecular flexibility index (Phi) is 10.2.